The van der Waals surface area contributed by atoms with Crippen LogP contribution in [0.15, 0.2) is 42.5 Å². The first-order valence-corrected chi connectivity index (χ1v) is 8.96. The number of benzene rings is 2. The van der Waals surface area contributed by atoms with E-state index in [4.69, 9.17) is 16.3 Å². The molecule has 1 heterocycles. The van der Waals surface area contributed by atoms with Gasteiger partial charge in [0, 0.05) is 5.69 Å². The number of fused-ring (bicyclic) bond motifs is 1. The first kappa shape index (κ1) is 19.2. The number of hydrogen-bond acceptors (Lipinski definition) is 3. The minimum atomic E-state index is -0.615. The molecule has 0 bridgehead atoms. The lowest BCUT2D eigenvalue weighted by Gasteiger charge is -2.22. The monoisotopic (exact) mass is 389 g/mol. The summed E-state index contributed by atoms with van der Waals surface area (Å²) in [6.45, 7) is 7.16. The van der Waals surface area contributed by atoms with Crippen LogP contribution in [0.4, 0.5) is 9.18 Å². The van der Waals surface area contributed by atoms with E-state index in [1.165, 1.54) is 6.07 Å². The maximum Gasteiger partial charge on any atom is 0.408 e. The second kappa shape index (κ2) is 7.19. The molecule has 0 radical (unpaired) electrons. The van der Waals surface area contributed by atoms with Crippen LogP contribution in [-0.2, 0) is 4.74 Å². The van der Waals surface area contributed by atoms with Crippen LogP contribution in [0.2, 0.25) is 5.02 Å². The maximum absolute atomic E-state index is 14.1. The number of imidazole rings is 1. The van der Waals surface area contributed by atoms with Crippen molar-refractivity contribution in [1.29, 1.82) is 0 Å². The van der Waals surface area contributed by atoms with Crippen molar-refractivity contribution < 1.29 is 13.9 Å². The quantitative estimate of drug-likeness (QED) is 0.652. The fourth-order valence-corrected chi connectivity index (χ4v) is 3.04. The highest BCUT2D eigenvalue weighted by atomic mass is 35.5. The van der Waals surface area contributed by atoms with Gasteiger partial charge in [0.25, 0.3) is 0 Å². The molecule has 0 fully saturated rings. The van der Waals surface area contributed by atoms with Gasteiger partial charge in [-0.05, 0) is 52.0 Å². The Hall–Kier alpha value is -2.60. The highest BCUT2D eigenvalue weighted by Gasteiger charge is 2.24. The Morgan fingerprint density at radius 1 is 1.22 bits per heavy atom. The Morgan fingerprint density at radius 3 is 2.52 bits per heavy atom. The van der Waals surface area contributed by atoms with Crippen LogP contribution in [0.1, 0.15) is 39.6 Å². The van der Waals surface area contributed by atoms with Gasteiger partial charge in [-0.2, -0.15) is 0 Å². The molecule has 142 valence electrons. The molecule has 0 saturated heterocycles. The molecule has 0 aliphatic rings. The summed E-state index contributed by atoms with van der Waals surface area (Å²) < 4.78 is 21.2. The zero-order valence-electron chi connectivity index (χ0n) is 15.6. The number of carbonyl (C=O) groups is 1. The van der Waals surface area contributed by atoms with Gasteiger partial charge in [-0.3, -0.25) is 4.57 Å². The molecule has 1 amide bonds. The smallest absolute Gasteiger partial charge is 0.408 e. The topological polar surface area (TPSA) is 56.1 Å². The fraction of sp³-hybridized carbons (Fsp3) is 0.300. The van der Waals surface area contributed by atoms with Crippen molar-refractivity contribution in [2.24, 2.45) is 0 Å². The molecular weight excluding hydrogens is 369 g/mol. The normalized spacial score (nSPS) is 12.8. The molecular formula is C20H21ClFN3O2. The summed E-state index contributed by atoms with van der Waals surface area (Å²) in [4.78, 5) is 16.8. The van der Waals surface area contributed by atoms with Crippen molar-refractivity contribution in [2.45, 2.75) is 39.3 Å². The van der Waals surface area contributed by atoms with Crippen LogP contribution in [0, 0.1) is 5.82 Å². The molecule has 27 heavy (non-hydrogen) atoms. The van der Waals surface area contributed by atoms with Crippen molar-refractivity contribution in [1.82, 2.24) is 14.9 Å². The van der Waals surface area contributed by atoms with Crippen LogP contribution in [0.5, 0.6) is 0 Å². The molecule has 3 aromatic rings. The van der Waals surface area contributed by atoms with Crippen molar-refractivity contribution in [3.63, 3.8) is 0 Å². The summed E-state index contributed by atoms with van der Waals surface area (Å²) in [6, 6.07) is 11.7. The lowest BCUT2D eigenvalue weighted by molar-refractivity contribution is 0.0505. The van der Waals surface area contributed by atoms with Crippen LogP contribution < -0.4 is 5.32 Å². The molecule has 0 saturated carbocycles. The van der Waals surface area contributed by atoms with Gasteiger partial charge in [0.15, 0.2) is 0 Å². The van der Waals surface area contributed by atoms with Gasteiger partial charge in [-0.25, -0.2) is 14.2 Å². The van der Waals surface area contributed by atoms with Crippen molar-refractivity contribution in [3.05, 3.63) is 59.1 Å². The fourth-order valence-electron chi connectivity index (χ4n) is 2.80. The second-order valence-corrected chi connectivity index (χ2v) is 7.62. The SMILES string of the molecule is C[C@H](NC(=O)OC(C)(C)C)c1nc2ccc(F)c(Cl)c2n1-c1ccccc1. The van der Waals surface area contributed by atoms with E-state index in [9.17, 15) is 9.18 Å². The van der Waals surface area contributed by atoms with E-state index in [-0.39, 0.29) is 5.02 Å². The first-order chi connectivity index (χ1) is 12.7. The zero-order valence-corrected chi connectivity index (χ0v) is 16.3. The number of halogens is 2. The van der Waals surface area contributed by atoms with Gasteiger partial charge in [-0.15, -0.1) is 0 Å². The van der Waals surface area contributed by atoms with Crippen molar-refractivity contribution in [3.8, 4) is 5.69 Å². The highest BCUT2D eigenvalue weighted by molar-refractivity contribution is 6.35. The number of rotatable bonds is 3. The number of hydrogen-bond donors (Lipinski definition) is 1. The Labute approximate surface area is 162 Å². The van der Waals surface area contributed by atoms with Gasteiger partial charge < -0.3 is 10.1 Å². The molecule has 1 aromatic heterocycles. The lowest BCUT2D eigenvalue weighted by Crippen LogP contribution is -2.34. The average Bonchev–Trinajstić information content (AvgIpc) is 2.97. The predicted octanol–water partition coefficient (Wildman–Crippen LogP) is 5.40. The van der Waals surface area contributed by atoms with E-state index >= 15 is 0 Å². The number of amides is 1. The third-order valence-electron chi connectivity index (χ3n) is 3.87. The number of carbonyl (C=O) groups excluding carboxylic acids is 1. The molecule has 0 spiro atoms. The minimum absolute atomic E-state index is 0.0143. The van der Waals surface area contributed by atoms with E-state index in [1.54, 1.807) is 38.3 Å². The standard InChI is InChI=1S/C20H21ClFN3O2/c1-12(23-19(26)27-20(2,3)4)18-24-15-11-10-14(22)16(21)17(15)25(18)13-8-6-5-7-9-13/h5-12H,1-4H3,(H,23,26)/t12-/m0/s1. The Bertz CT molecular complexity index is 980. The van der Waals surface area contributed by atoms with Crippen LogP contribution in [0.25, 0.3) is 16.7 Å². The van der Waals surface area contributed by atoms with E-state index in [2.05, 4.69) is 10.3 Å². The molecule has 1 N–H and O–H groups in total. The molecule has 0 unspecified atom stereocenters. The number of para-hydroxylation sites is 1. The molecule has 7 heteroatoms. The zero-order chi connectivity index (χ0) is 19.8. The minimum Gasteiger partial charge on any atom is -0.444 e. The van der Waals surface area contributed by atoms with Gasteiger partial charge >= 0.3 is 6.09 Å². The van der Waals surface area contributed by atoms with Gasteiger partial charge in [0.2, 0.25) is 0 Å². The molecule has 1 atom stereocenters. The third-order valence-corrected chi connectivity index (χ3v) is 4.23. The van der Waals surface area contributed by atoms with Gasteiger partial charge in [-0.1, -0.05) is 29.8 Å². The summed E-state index contributed by atoms with van der Waals surface area (Å²) in [7, 11) is 0. The van der Waals surface area contributed by atoms with Gasteiger partial charge in [0.05, 0.1) is 17.1 Å². The third kappa shape index (κ3) is 4.06. The molecule has 0 aliphatic carbocycles. The largest absolute Gasteiger partial charge is 0.444 e. The summed E-state index contributed by atoms with van der Waals surface area (Å²) in [5.41, 5.74) is 1.14. The molecule has 5 nitrogen and oxygen atoms in total. The number of aromatic nitrogens is 2. The van der Waals surface area contributed by atoms with Crippen molar-refractivity contribution >= 4 is 28.7 Å². The summed E-state index contributed by atoms with van der Waals surface area (Å²) in [5, 5.41) is 2.76. The Morgan fingerprint density at radius 2 is 1.89 bits per heavy atom. The van der Waals surface area contributed by atoms with E-state index in [0.717, 1.165) is 5.69 Å². The molecule has 2 aromatic carbocycles. The van der Waals surface area contributed by atoms with Crippen molar-refractivity contribution in [2.75, 3.05) is 0 Å². The maximum atomic E-state index is 14.1. The van der Waals surface area contributed by atoms with Crippen LogP contribution in [-0.4, -0.2) is 21.2 Å². The average molecular weight is 390 g/mol. The number of nitrogens with one attached hydrogen (secondary N) is 1. The molecule has 0 aliphatic heterocycles. The first-order valence-electron chi connectivity index (χ1n) is 8.58. The van der Waals surface area contributed by atoms with Gasteiger partial charge in [0.1, 0.15) is 22.3 Å². The van der Waals surface area contributed by atoms with Crippen LogP contribution in [0.3, 0.4) is 0 Å². The number of ether oxygens (including phenoxy) is 1. The summed E-state index contributed by atoms with van der Waals surface area (Å²) in [6.07, 6.45) is -0.557. The van der Waals surface area contributed by atoms with E-state index in [1.807, 2.05) is 30.3 Å². The van der Waals surface area contributed by atoms with E-state index < -0.39 is 23.6 Å². The summed E-state index contributed by atoms with van der Waals surface area (Å²) in [5.74, 6) is -0.00453. The second-order valence-electron chi connectivity index (χ2n) is 7.24. The Kier molecular flexibility index (Phi) is 5.11. The van der Waals surface area contributed by atoms with E-state index in [0.29, 0.717) is 16.9 Å². The Balaban J connectivity index is 2.10. The predicted molar refractivity (Wildman–Crippen MR) is 104 cm³/mol. The molecule has 3 rings (SSSR count). The number of nitrogens with zero attached hydrogens (tertiary/aromatic N) is 2. The van der Waals surface area contributed by atoms with Crippen LogP contribution >= 0.6 is 11.6 Å². The summed E-state index contributed by atoms with van der Waals surface area (Å²) >= 11 is 6.24. The lowest BCUT2D eigenvalue weighted by atomic mass is 10.2. The highest BCUT2D eigenvalue weighted by Crippen LogP contribution is 2.32. The number of alkyl carbamates (subject to hydrolysis) is 1.